The smallest absolute Gasteiger partial charge is 0.258 e. The summed E-state index contributed by atoms with van der Waals surface area (Å²) in [5.74, 6) is -0.294. The van der Waals surface area contributed by atoms with E-state index < -0.39 is 0 Å². The second-order valence-corrected chi connectivity index (χ2v) is 3.97. The number of carbonyl (C=O) groups is 1. The molecule has 0 spiro atoms. The van der Waals surface area contributed by atoms with E-state index in [4.69, 9.17) is 17.3 Å². The summed E-state index contributed by atoms with van der Waals surface area (Å²) in [6.07, 6.45) is 3.09. The van der Waals surface area contributed by atoms with Gasteiger partial charge in [-0.05, 0) is 12.1 Å². The topological polar surface area (TPSA) is 72.9 Å². The predicted molar refractivity (Wildman–Crippen MR) is 67.0 cm³/mol. The van der Waals surface area contributed by atoms with Gasteiger partial charge < -0.3 is 11.1 Å². The Hall–Kier alpha value is -2.01. The second-order valence-electron chi connectivity index (χ2n) is 3.56. The van der Waals surface area contributed by atoms with Crippen molar-refractivity contribution in [2.24, 2.45) is 7.05 Å². The van der Waals surface area contributed by atoms with Crippen molar-refractivity contribution in [1.29, 1.82) is 0 Å². The van der Waals surface area contributed by atoms with Crippen molar-refractivity contribution in [3.05, 3.63) is 41.2 Å². The number of amides is 1. The van der Waals surface area contributed by atoms with Crippen LogP contribution in [0.3, 0.4) is 0 Å². The number of carbonyl (C=O) groups excluding carboxylic acids is 1. The van der Waals surface area contributed by atoms with Gasteiger partial charge in [0, 0.05) is 13.2 Å². The number of halogens is 1. The first-order valence-electron chi connectivity index (χ1n) is 4.92. The number of hydrogen-bond acceptors (Lipinski definition) is 3. The number of nitrogens with one attached hydrogen (secondary N) is 1. The summed E-state index contributed by atoms with van der Waals surface area (Å²) in [7, 11) is 1.74. The van der Waals surface area contributed by atoms with Gasteiger partial charge in [0.15, 0.2) is 0 Å². The quantitative estimate of drug-likeness (QED) is 0.800. The third kappa shape index (κ3) is 2.39. The fourth-order valence-corrected chi connectivity index (χ4v) is 1.63. The standard InChI is InChI=1S/C11H11ClN4O/c1-16-6-7(5-14-16)11(17)15-10-8(12)3-2-4-9(10)13/h2-6H,13H2,1H3,(H,15,17). The first kappa shape index (κ1) is 11.5. The van der Waals surface area contributed by atoms with E-state index in [1.54, 1.807) is 36.1 Å². The molecular weight excluding hydrogens is 240 g/mol. The van der Waals surface area contributed by atoms with Crippen molar-refractivity contribution in [2.45, 2.75) is 0 Å². The zero-order valence-electron chi connectivity index (χ0n) is 9.14. The van der Waals surface area contributed by atoms with Gasteiger partial charge in [-0.25, -0.2) is 0 Å². The molecule has 0 aliphatic carbocycles. The van der Waals surface area contributed by atoms with Crippen LogP contribution in [0, 0.1) is 0 Å². The van der Waals surface area contributed by atoms with Crippen LogP contribution >= 0.6 is 11.6 Å². The Bertz CT molecular complexity index is 544. The Balaban J connectivity index is 2.24. The Morgan fingerprint density at radius 3 is 2.88 bits per heavy atom. The molecule has 0 atom stereocenters. The van der Waals surface area contributed by atoms with E-state index in [-0.39, 0.29) is 5.91 Å². The Labute approximate surface area is 103 Å². The van der Waals surface area contributed by atoms with Crippen molar-refractivity contribution in [1.82, 2.24) is 9.78 Å². The van der Waals surface area contributed by atoms with Gasteiger partial charge in [0.05, 0.1) is 28.2 Å². The molecule has 5 nitrogen and oxygen atoms in total. The average Bonchev–Trinajstić information content (AvgIpc) is 2.70. The highest BCUT2D eigenvalue weighted by Gasteiger charge is 2.11. The second kappa shape index (κ2) is 4.47. The number of aromatic nitrogens is 2. The van der Waals surface area contributed by atoms with Gasteiger partial charge in [-0.3, -0.25) is 9.48 Å². The summed E-state index contributed by atoms with van der Waals surface area (Å²) >= 11 is 5.95. The molecule has 1 aromatic heterocycles. The molecule has 0 unspecified atom stereocenters. The molecule has 0 fully saturated rings. The van der Waals surface area contributed by atoms with Crippen LogP contribution in [-0.4, -0.2) is 15.7 Å². The molecule has 88 valence electrons. The monoisotopic (exact) mass is 250 g/mol. The van der Waals surface area contributed by atoms with Crippen LogP contribution in [0.15, 0.2) is 30.6 Å². The van der Waals surface area contributed by atoms with Gasteiger partial charge in [0.1, 0.15) is 0 Å². The summed E-state index contributed by atoms with van der Waals surface area (Å²) in [5, 5.41) is 6.98. The zero-order valence-corrected chi connectivity index (χ0v) is 9.90. The van der Waals surface area contributed by atoms with Crippen molar-refractivity contribution in [2.75, 3.05) is 11.1 Å². The van der Waals surface area contributed by atoms with Gasteiger partial charge in [-0.2, -0.15) is 5.10 Å². The Morgan fingerprint density at radius 2 is 2.29 bits per heavy atom. The summed E-state index contributed by atoms with van der Waals surface area (Å²) in [4.78, 5) is 11.9. The molecule has 2 aromatic rings. The Kier molecular flexibility index (Phi) is 3.01. The van der Waals surface area contributed by atoms with Crippen molar-refractivity contribution >= 4 is 28.9 Å². The lowest BCUT2D eigenvalue weighted by molar-refractivity contribution is 0.102. The van der Waals surface area contributed by atoms with Crippen LogP contribution in [0.4, 0.5) is 11.4 Å². The average molecular weight is 251 g/mol. The van der Waals surface area contributed by atoms with Crippen LogP contribution in [0.25, 0.3) is 0 Å². The minimum absolute atomic E-state index is 0.294. The Morgan fingerprint density at radius 1 is 1.53 bits per heavy atom. The van der Waals surface area contributed by atoms with Crippen molar-refractivity contribution < 1.29 is 4.79 Å². The first-order chi connectivity index (χ1) is 8.08. The highest BCUT2D eigenvalue weighted by atomic mass is 35.5. The minimum Gasteiger partial charge on any atom is -0.397 e. The minimum atomic E-state index is -0.294. The summed E-state index contributed by atoms with van der Waals surface area (Å²) in [6, 6.07) is 5.05. The molecule has 0 aliphatic rings. The molecule has 1 amide bonds. The maximum Gasteiger partial charge on any atom is 0.258 e. The summed E-state index contributed by atoms with van der Waals surface area (Å²) < 4.78 is 1.55. The summed E-state index contributed by atoms with van der Waals surface area (Å²) in [5.41, 5.74) is 7.03. The highest BCUT2D eigenvalue weighted by Crippen LogP contribution is 2.28. The van der Waals surface area contributed by atoms with Crippen LogP contribution in [0.1, 0.15) is 10.4 Å². The molecule has 0 saturated heterocycles. The molecule has 17 heavy (non-hydrogen) atoms. The molecular formula is C11H11ClN4O. The van der Waals surface area contributed by atoms with Gasteiger partial charge >= 0.3 is 0 Å². The first-order valence-corrected chi connectivity index (χ1v) is 5.29. The van der Waals surface area contributed by atoms with Crippen LogP contribution in [0.2, 0.25) is 5.02 Å². The van der Waals surface area contributed by atoms with Crippen molar-refractivity contribution in [3.8, 4) is 0 Å². The maximum absolute atomic E-state index is 11.9. The number of nitrogen functional groups attached to an aromatic ring is 1. The zero-order chi connectivity index (χ0) is 12.4. The number of para-hydroxylation sites is 1. The van der Waals surface area contributed by atoms with E-state index >= 15 is 0 Å². The van der Waals surface area contributed by atoms with Crippen LogP contribution < -0.4 is 11.1 Å². The van der Waals surface area contributed by atoms with E-state index in [9.17, 15) is 4.79 Å². The summed E-state index contributed by atoms with van der Waals surface area (Å²) in [6.45, 7) is 0. The van der Waals surface area contributed by atoms with E-state index in [1.807, 2.05) is 0 Å². The molecule has 0 saturated carbocycles. The molecule has 6 heteroatoms. The lowest BCUT2D eigenvalue weighted by Crippen LogP contribution is -2.12. The van der Waals surface area contributed by atoms with E-state index in [0.29, 0.717) is 22.0 Å². The fourth-order valence-electron chi connectivity index (χ4n) is 1.40. The van der Waals surface area contributed by atoms with E-state index in [0.717, 1.165) is 0 Å². The third-order valence-corrected chi connectivity index (χ3v) is 2.57. The third-order valence-electron chi connectivity index (χ3n) is 2.25. The van der Waals surface area contributed by atoms with Crippen molar-refractivity contribution in [3.63, 3.8) is 0 Å². The molecule has 0 radical (unpaired) electrons. The van der Waals surface area contributed by atoms with Gasteiger partial charge in [-0.1, -0.05) is 17.7 Å². The van der Waals surface area contributed by atoms with Gasteiger partial charge in [0.2, 0.25) is 0 Å². The van der Waals surface area contributed by atoms with E-state index in [2.05, 4.69) is 10.4 Å². The number of nitrogens with zero attached hydrogens (tertiary/aromatic N) is 2. The van der Waals surface area contributed by atoms with Crippen LogP contribution in [-0.2, 0) is 7.05 Å². The molecule has 2 rings (SSSR count). The number of hydrogen-bond donors (Lipinski definition) is 2. The molecule has 0 bridgehead atoms. The van der Waals surface area contributed by atoms with Gasteiger partial charge in [-0.15, -0.1) is 0 Å². The molecule has 1 aromatic carbocycles. The molecule has 0 aliphatic heterocycles. The number of anilines is 2. The molecule has 1 heterocycles. The normalized spacial score (nSPS) is 10.2. The number of aryl methyl sites for hydroxylation is 1. The SMILES string of the molecule is Cn1cc(C(=O)Nc2c(N)cccc2Cl)cn1. The van der Waals surface area contributed by atoms with Gasteiger partial charge in [0.25, 0.3) is 5.91 Å². The van der Waals surface area contributed by atoms with Crippen LogP contribution in [0.5, 0.6) is 0 Å². The highest BCUT2D eigenvalue weighted by molar-refractivity contribution is 6.34. The maximum atomic E-state index is 11.9. The predicted octanol–water partition coefficient (Wildman–Crippen LogP) is 1.91. The largest absolute Gasteiger partial charge is 0.397 e. The number of benzene rings is 1. The fraction of sp³-hybridized carbons (Fsp3) is 0.0909. The molecule has 3 N–H and O–H groups in total. The lowest BCUT2D eigenvalue weighted by Gasteiger charge is -2.08. The number of nitrogens with two attached hydrogens (primary N) is 1. The number of rotatable bonds is 2. The lowest BCUT2D eigenvalue weighted by atomic mass is 10.2. The van der Waals surface area contributed by atoms with E-state index in [1.165, 1.54) is 6.20 Å².